The highest BCUT2D eigenvalue weighted by Gasteiger charge is 1.98. The van der Waals surface area contributed by atoms with Crippen molar-refractivity contribution < 1.29 is 0 Å². The highest BCUT2D eigenvalue weighted by Crippen LogP contribution is 1.90. The number of H-pyrrole nitrogens is 1. The number of rotatable bonds is 3. The van der Waals surface area contributed by atoms with Gasteiger partial charge in [0, 0.05) is 12.3 Å². The lowest BCUT2D eigenvalue weighted by molar-refractivity contribution is 0.666. The van der Waals surface area contributed by atoms with Crippen LogP contribution in [0.1, 0.15) is 0 Å². The topological polar surface area (TPSA) is 67.8 Å². The number of nitrogens with zero attached hydrogens (tertiary/aromatic N) is 2. The van der Waals surface area contributed by atoms with Crippen LogP contribution < -0.4 is 11.1 Å². The van der Waals surface area contributed by atoms with E-state index in [0.717, 1.165) is 5.75 Å². The molecule has 0 saturated heterocycles. The quantitative estimate of drug-likeness (QED) is 0.621. The normalized spacial score (nSPS) is 10.1. The molecule has 12 heavy (non-hydrogen) atoms. The van der Waals surface area contributed by atoms with Gasteiger partial charge >= 0.3 is 11.1 Å². The van der Waals surface area contributed by atoms with Gasteiger partial charge in [-0.3, -0.25) is 14.2 Å². The Morgan fingerprint density at radius 1 is 1.67 bits per heavy atom. The van der Waals surface area contributed by atoms with E-state index in [-0.39, 0.29) is 0 Å². The van der Waals surface area contributed by atoms with Crippen LogP contribution in [0.4, 0.5) is 0 Å². The van der Waals surface area contributed by atoms with Gasteiger partial charge in [-0.1, -0.05) is 0 Å². The second-order valence-corrected chi connectivity index (χ2v) is 3.09. The van der Waals surface area contributed by atoms with Gasteiger partial charge < -0.3 is 0 Å². The van der Waals surface area contributed by atoms with Gasteiger partial charge in [0.05, 0.1) is 0 Å². The summed E-state index contributed by atoms with van der Waals surface area (Å²) in [5.74, 6) is 0.765. The average Bonchev–Trinajstić information content (AvgIpc) is 2.08. The van der Waals surface area contributed by atoms with Gasteiger partial charge in [0.15, 0.2) is 0 Å². The summed E-state index contributed by atoms with van der Waals surface area (Å²) in [5, 5.41) is 5.40. The average molecular weight is 186 g/mol. The molecule has 0 aliphatic rings. The first-order chi connectivity index (χ1) is 5.75. The van der Waals surface area contributed by atoms with E-state index in [1.54, 1.807) is 11.8 Å². The summed E-state index contributed by atoms with van der Waals surface area (Å²) in [6.45, 7) is 0.469. The molecule has 0 spiro atoms. The number of hydrogen-bond acceptors (Lipinski definition) is 4. The molecular formula is C6H8N3O2S. The molecule has 0 fully saturated rings. The van der Waals surface area contributed by atoms with Gasteiger partial charge in [-0.05, 0) is 6.26 Å². The standard InChI is InChI=1S/C6H8N3O2S/c1-12-3-2-9-4-7-8-5(10)6(9)11/h2-3H2,1H3,(H,8,10). The van der Waals surface area contributed by atoms with E-state index in [9.17, 15) is 9.59 Å². The van der Waals surface area contributed by atoms with Crippen molar-refractivity contribution in [2.45, 2.75) is 6.54 Å². The summed E-state index contributed by atoms with van der Waals surface area (Å²) in [6, 6.07) is 0. The lowest BCUT2D eigenvalue weighted by Gasteiger charge is -1.98. The van der Waals surface area contributed by atoms with Crippen LogP contribution in [-0.4, -0.2) is 26.8 Å². The number of thioether (sulfide) groups is 1. The van der Waals surface area contributed by atoms with Crippen LogP contribution >= 0.6 is 11.8 Å². The van der Waals surface area contributed by atoms with Crippen molar-refractivity contribution in [2.75, 3.05) is 12.0 Å². The van der Waals surface area contributed by atoms with E-state index in [4.69, 9.17) is 0 Å². The third-order valence-corrected chi connectivity index (χ3v) is 1.88. The molecule has 0 atom stereocenters. The van der Waals surface area contributed by atoms with Gasteiger partial charge in [-0.25, -0.2) is 5.10 Å². The Morgan fingerprint density at radius 3 is 3.08 bits per heavy atom. The Balaban J connectivity index is 2.93. The molecule has 6 heteroatoms. The third kappa shape index (κ3) is 1.97. The fourth-order valence-electron chi connectivity index (χ4n) is 0.686. The van der Waals surface area contributed by atoms with Crippen molar-refractivity contribution in [3.05, 3.63) is 27.0 Å². The zero-order valence-corrected chi connectivity index (χ0v) is 7.35. The van der Waals surface area contributed by atoms with E-state index in [0.29, 0.717) is 6.54 Å². The van der Waals surface area contributed by atoms with Crippen molar-refractivity contribution >= 4 is 11.8 Å². The van der Waals surface area contributed by atoms with Crippen LogP contribution in [0, 0.1) is 6.33 Å². The minimum Gasteiger partial charge on any atom is -0.283 e. The molecule has 0 saturated carbocycles. The Bertz CT molecular complexity index is 356. The van der Waals surface area contributed by atoms with Gasteiger partial charge in [0.2, 0.25) is 6.33 Å². The monoisotopic (exact) mass is 186 g/mol. The second kappa shape index (κ2) is 4.10. The Labute approximate surface area is 72.8 Å². The molecule has 0 unspecified atom stereocenters. The maximum atomic E-state index is 11.0. The molecule has 1 rings (SSSR count). The van der Waals surface area contributed by atoms with Crippen LogP contribution in [0.25, 0.3) is 0 Å². The van der Waals surface area contributed by atoms with Crippen LogP contribution in [0.2, 0.25) is 0 Å². The van der Waals surface area contributed by atoms with Gasteiger partial charge in [-0.15, -0.1) is 0 Å². The van der Waals surface area contributed by atoms with Crippen molar-refractivity contribution in [3.8, 4) is 0 Å². The molecule has 1 aromatic rings. The Morgan fingerprint density at radius 2 is 2.42 bits per heavy atom. The fourth-order valence-corrected chi connectivity index (χ4v) is 1.05. The molecule has 1 radical (unpaired) electrons. The molecule has 1 heterocycles. The zero-order chi connectivity index (χ0) is 8.97. The molecule has 0 amide bonds. The second-order valence-electron chi connectivity index (χ2n) is 2.10. The van der Waals surface area contributed by atoms with E-state index < -0.39 is 11.1 Å². The smallest absolute Gasteiger partial charge is 0.283 e. The van der Waals surface area contributed by atoms with E-state index in [1.807, 2.05) is 11.4 Å². The number of aromatic nitrogens is 3. The predicted octanol–water partition coefficient (Wildman–Crippen LogP) is -0.905. The first kappa shape index (κ1) is 9.05. The molecule has 0 aliphatic heterocycles. The first-order valence-electron chi connectivity index (χ1n) is 3.32. The van der Waals surface area contributed by atoms with Gasteiger partial charge in [0.25, 0.3) is 0 Å². The van der Waals surface area contributed by atoms with Crippen LogP contribution in [0.15, 0.2) is 9.59 Å². The lowest BCUT2D eigenvalue weighted by Crippen LogP contribution is -2.37. The lowest BCUT2D eigenvalue weighted by atomic mass is 10.6. The van der Waals surface area contributed by atoms with Crippen molar-refractivity contribution in [3.63, 3.8) is 0 Å². The molecule has 0 bridgehead atoms. The van der Waals surface area contributed by atoms with Gasteiger partial charge in [0.1, 0.15) is 0 Å². The summed E-state index contributed by atoms with van der Waals surface area (Å²) >= 11 is 1.59. The Kier molecular flexibility index (Phi) is 3.09. The Hall–Kier alpha value is -1.04. The van der Waals surface area contributed by atoms with Crippen LogP contribution in [0.5, 0.6) is 0 Å². The van der Waals surface area contributed by atoms with Crippen molar-refractivity contribution in [2.24, 2.45) is 0 Å². The fraction of sp³-hybridized carbons (Fsp3) is 0.500. The largest absolute Gasteiger partial charge is 0.330 e. The molecule has 65 valence electrons. The van der Waals surface area contributed by atoms with Crippen molar-refractivity contribution in [1.82, 2.24) is 14.8 Å². The maximum Gasteiger partial charge on any atom is 0.330 e. The number of hydrogen-bond donors (Lipinski definition) is 1. The zero-order valence-electron chi connectivity index (χ0n) is 6.53. The summed E-state index contributed by atoms with van der Waals surface area (Å²) < 4.78 is 1.18. The summed E-state index contributed by atoms with van der Waals surface area (Å²) in [4.78, 5) is 21.7. The van der Waals surface area contributed by atoms with Crippen molar-refractivity contribution in [1.29, 1.82) is 0 Å². The summed E-state index contributed by atoms with van der Waals surface area (Å²) in [7, 11) is 0. The predicted molar refractivity (Wildman–Crippen MR) is 46.3 cm³/mol. The first-order valence-corrected chi connectivity index (χ1v) is 4.71. The van der Waals surface area contributed by atoms with Crippen LogP contribution in [-0.2, 0) is 6.54 Å². The molecule has 0 aromatic carbocycles. The maximum absolute atomic E-state index is 11.0. The summed E-state index contributed by atoms with van der Waals surface area (Å²) in [6.07, 6.45) is 4.32. The molecular weight excluding hydrogens is 178 g/mol. The van der Waals surface area contributed by atoms with E-state index >= 15 is 0 Å². The molecule has 1 aromatic heterocycles. The van der Waals surface area contributed by atoms with Gasteiger partial charge in [-0.2, -0.15) is 16.9 Å². The molecule has 1 N–H and O–H groups in total. The minimum atomic E-state index is -0.699. The number of aromatic amines is 1. The SMILES string of the molecule is CSCCn1[c]n[nH]c(=O)c1=O. The molecule has 0 aliphatic carbocycles. The summed E-state index contributed by atoms with van der Waals surface area (Å²) in [5.41, 5.74) is -1.30. The van der Waals surface area contributed by atoms with Crippen LogP contribution in [0.3, 0.4) is 0 Å². The highest BCUT2D eigenvalue weighted by molar-refractivity contribution is 7.98. The number of nitrogens with one attached hydrogen (secondary N) is 1. The third-order valence-electron chi connectivity index (χ3n) is 1.29. The molecule has 5 nitrogen and oxygen atoms in total. The van der Waals surface area contributed by atoms with E-state index in [2.05, 4.69) is 11.4 Å². The minimum absolute atomic E-state index is 0.469. The number of aryl methyl sites for hydroxylation is 1. The van der Waals surface area contributed by atoms with E-state index in [1.165, 1.54) is 4.57 Å². The highest BCUT2D eigenvalue weighted by atomic mass is 32.2.